The standard InChI is InChI=1S/C36H39Cl3N8O3/c37-31-13-25-19-40-1-7-46-8-2-41-21-27-15-32(38)17-29(35(27)49)23-44-5-11-47(10-4-43-20-26(14-31)34(25)48)12-6-45-24-30-18-33(39)16-28(36(30)50)22-42-3-9-46/h13-24,48-50H,1-12H2/p-3. The normalized spacial score (nSPS) is 19.5. The lowest BCUT2D eigenvalue weighted by Crippen LogP contribution is -2.31. The van der Waals surface area contributed by atoms with Gasteiger partial charge in [-0.3, -0.25) is 39.8 Å². The molecule has 3 aliphatic heterocycles. The van der Waals surface area contributed by atoms with Crippen molar-refractivity contribution in [1.29, 1.82) is 0 Å². The van der Waals surface area contributed by atoms with Gasteiger partial charge in [0.2, 0.25) is 0 Å². The monoisotopic (exact) mass is 733 g/mol. The average molecular weight is 735 g/mol. The maximum atomic E-state index is 13.2. The SMILES string of the molecule is [O-]c1c2cc(Cl)cc1C=NCCN1CCN=Cc3cc(Cl)cc(c3[O-])C=NCCN(CCN=C2)CCN=Cc2cc(Cl)cc(c2[O-])C=NCC1. The minimum atomic E-state index is -0.200. The third-order valence-corrected chi connectivity index (χ3v) is 8.64. The maximum absolute atomic E-state index is 13.2. The van der Waals surface area contributed by atoms with Crippen LogP contribution >= 0.6 is 34.8 Å². The molecule has 0 fully saturated rings. The molecule has 0 unspecified atom stereocenters. The summed E-state index contributed by atoms with van der Waals surface area (Å²) in [6.07, 6.45) is 9.24. The number of hydrogen-bond acceptors (Lipinski definition) is 11. The number of rotatable bonds is 0. The molecule has 0 radical (unpaired) electrons. The molecule has 0 saturated heterocycles. The molecular formula is C36H36Cl3N8O3-3. The molecule has 14 heteroatoms. The van der Waals surface area contributed by atoms with Crippen LogP contribution in [-0.4, -0.2) is 126 Å². The van der Waals surface area contributed by atoms with Crippen LogP contribution in [0, 0.1) is 0 Å². The van der Waals surface area contributed by atoms with Crippen molar-refractivity contribution in [2.45, 2.75) is 0 Å². The molecule has 6 rings (SSSR count). The molecule has 3 aromatic rings. The van der Waals surface area contributed by atoms with Gasteiger partial charge in [0, 0.05) is 91.6 Å². The number of aliphatic imine (C=N–C) groups is 6. The first-order valence-electron chi connectivity index (χ1n) is 16.2. The molecule has 0 aliphatic carbocycles. The van der Waals surface area contributed by atoms with Gasteiger partial charge in [-0.05, 0) is 69.8 Å². The fourth-order valence-corrected chi connectivity index (χ4v) is 6.03. The fourth-order valence-electron chi connectivity index (χ4n) is 5.33. The van der Waals surface area contributed by atoms with Gasteiger partial charge in [-0.25, -0.2) is 0 Å². The summed E-state index contributed by atoms with van der Waals surface area (Å²) in [5.41, 5.74) is 2.28. The smallest absolute Gasteiger partial charge is 0.0517 e. The van der Waals surface area contributed by atoms with Crippen LogP contribution in [-0.2, 0) is 0 Å². The Morgan fingerprint density at radius 3 is 0.720 bits per heavy atom. The third-order valence-electron chi connectivity index (χ3n) is 7.99. The highest BCUT2D eigenvalue weighted by Crippen LogP contribution is 2.25. The number of nitrogens with zero attached hydrogens (tertiary/aromatic N) is 8. The second-order valence-corrected chi connectivity index (χ2v) is 12.9. The zero-order valence-electron chi connectivity index (χ0n) is 27.3. The molecule has 0 N–H and O–H groups in total. The van der Waals surface area contributed by atoms with E-state index >= 15 is 0 Å². The Labute approximate surface area is 306 Å². The van der Waals surface area contributed by atoms with E-state index in [1.807, 2.05) is 0 Å². The number of benzene rings is 3. The van der Waals surface area contributed by atoms with Gasteiger partial charge >= 0.3 is 0 Å². The van der Waals surface area contributed by atoms with E-state index in [9.17, 15) is 15.3 Å². The minimum absolute atomic E-state index is 0.200. The number of fused-ring (bicyclic) bond motifs is 12. The summed E-state index contributed by atoms with van der Waals surface area (Å²) in [7, 11) is 0. The highest BCUT2D eigenvalue weighted by atomic mass is 35.5. The lowest BCUT2D eigenvalue weighted by atomic mass is 10.1. The van der Waals surface area contributed by atoms with E-state index in [-0.39, 0.29) is 17.2 Å². The summed E-state index contributed by atoms with van der Waals surface area (Å²) in [4.78, 5) is 31.4. The Morgan fingerprint density at radius 1 is 0.360 bits per heavy atom. The van der Waals surface area contributed by atoms with Crippen LogP contribution < -0.4 is 15.3 Å². The lowest BCUT2D eigenvalue weighted by molar-refractivity contribution is -0.269. The van der Waals surface area contributed by atoms with Crippen LogP contribution in [0.5, 0.6) is 17.2 Å². The second-order valence-electron chi connectivity index (χ2n) is 11.6. The predicted molar refractivity (Wildman–Crippen MR) is 200 cm³/mol. The predicted octanol–water partition coefficient (Wildman–Crippen LogP) is 3.41. The minimum Gasteiger partial charge on any atom is -0.872 e. The van der Waals surface area contributed by atoms with Crippen molar-refractivity contribution in [2.75, 3.05) is 78.5 Å². The molecule has 50 heavy (non-hydrogen) atoms. The molecule has 0 saturated carbocycles. The fraction of sp³-hybridized carbons (Fsp3) is 0.333. The summed E-state index contributed by atoms with van der Waals surface area (Å²) < 4.78 is 0. The van der Waals surface area contributed by atoms with Crippen LogP contribution in [0.3, 0.4) is 0 Å². The van der Waals surface area contributed by atoms with Crippen molar-refractivity contribution < 1.29 is 15.3 Å². The molecule has 0 aromatic heterocycles. The van der Waals surface area contributed by atoms with E-state index in [0.717, 1.165) is 0 Å². The van der Waals surface area contributed by atoms with Crippen molar-refractivity contribution in [1.82, 2.24) is 9.80 Å². The first kappa shape index (κ1) is 37.1. The van der Waals surface area contributed by atoms with Crippen molar-refractivity contribution in [3.63, 3.8) is 0 Å². The van der Waals surface area contributed by atoms with Crippen LogP contribution in [0.25, 0.3) is 0 Å². The first-order valence-corrected chi connectivity index (χ1v) is 17.4. The molecule has 3 aromatic carbocycles. The van der Waals surface area contributed by atoms with E-state index in [2.05, 4.69) is 39.8 Å². The number of hydrogen-bond donors (Lipinski definition) is 0. The van der Waals surface area contributed by atoms with E-state index in [4.69, 9.17) is 34.8 Å². The van der Waals surface area contributed by atoms with Crippen molar-refractivity contribution in [3.05, 3.63) is 84.8 Å². The van der Waals surface area contributed by atoms with Crippen molar-refractivity contribution in [2.24, 2.45) is 30.0 Å². The van der Waals surface area contributed by atoms with Gasteiger partial charge < -0.3 is 15.3 Å². The van der Waals surface area contributed by atoms with Crippen LogP contribution in [0.1, 0.15) is 33.4 Å². The Hall–Kier alpha value is -4.13. The van der Waals surface area contributed by atoms with Crippen LogP contribution in [0.4, 0.5) is 0 Å². The largest absolute Gasteiger partial charge is 0.872 e. The van der Waals surface area contributed by atoms with E-state index in [0.29, 0.717) is 127 Å². The van der Waals surface area contributed by atoms with Gasteiger partial charge in [0.05, 0.1) is 39.3 Å². The third kappa shape index (κ3) is 10.9. The van der Waals surface area contributed by atoms with Gasteiger partial charge in [-0.15, -0.1) is 0 Å². The van der Waals surface area contributed by atoms with Crippen LogP contribution in [0.15, 0.2) is 66.4 Å². The second kappa shape index (κ2) is 18.7. The Kier molecular flexibility index (Phi) is 13.9. The molecular weight excluding hydrogens is 699 g/mol. The van der Waals surface area contributed by atoms with Gasteiger partial charge in [0.25, 0.3) is 0 Å². The van der Waals surface area contributed by atoms with Gasteiger partial charge in [0.1, 0.15) is 0 Å². The summed E-state index contributed by atoms with van der Waals surface area (Å²) in [6, 6.07) is 9.58. The summed E-state index contributed by atoms with van der Waals surface area (Å²) in [5, 5.41) is 40.8. The highest BCUT2D eigenvalue weighted by Gasteiger charge is 2.08. The highest BCUT2D eigenvalue weighted by molar-refractivity contribution is 6.32. The molecule has 3 heterocycles. The summed E-state index contributed by atoms with van der Waals surface area (Å²) in [5.74, 6) is -0.600. The lowest BCUT2D eigenvalue weighted by Gasteiger charge is -2.21. The van der Waals surface area contributed by atoms with Gasteiger partial charge in [-0.2, -0.15) is 0 Å². The van der Waals surface area contributed by atoms with Crippen molar-refractivity contribution in [3.8, 4) is 17.2 Å². The van der Waals surface area contributed by atoms with E-state index < -0.39 is 0 Å². The van der Waals surface area contributed by atoms with Crippen LogP contribution in [0.2, 0.25) is 15.1 Å². The quantitative estimate of drug-likeness (QED) is 0.347. The molecule has 262 valence electrons. The zero-order valence-corrected chi connectivity index (χ0v) is 29.6. The number of halogens is 3. The average Bonchev–Trinajstić information content (AvgIpc) is 3.08. The Bertz CT molecular complexity index is 1500. The van der Waals surface area contributed by atoms with E-state index in [1.165, 1.54) is 0 Å². The molecule has 0 amide bonds. The van der Waals surface area contributed by atoms with Crippen molar-refractivity contribution >= 4 is 72.1 Å². The Morgan fingerprint density at radius 2 is 0.540 bits per heavy atom. The Balaban J connectivity index is 1.51. The topological polar surface area (TPSA) is 150 Å². The maximum Gasteiger partial charge on any atom is 0.0517 e. The summed E-state index contributed by atoms with van der Waals surface area (Å²) >= 11 is 19.1. The molecule has 0 atom stereocenters. The van der Waals surface area contributed by atoms with Gasteiger partial charge in [-0.1, -0.05) is 52.1 Å². The van der Waals surface area contributed by atoms with Gasteiger partial charge in [0.15, 0.2) is 0 Å². The molecule has 0 spiro atoms. The molecule has 3 aliphatic rings. The molecule has 8 bridgehead atoms. The van der Waals surface area contributed by atoms with E-state index in [1.54, 1.807) is 73.7 Å². The summed E-state index contributed by atoms with van der Waals surface area (Å²) in [6.45, 7) is 5.57. The molecule has 11 nitrogen and oxygen atoms in total. The first-order chi connectivity index (χ1) is 24.3. The zero-order chi connectivity index (χ0) is 35.3.